The van der Waals surface area contributed by atoms with E-state index in [2.05, 4.69) is 5.32 Å². The van der Waals surface area contributed by atoms with E-state index >= 15 is 0 Å². The zero-order valence-electron chi connectivity index (χ0n) is 15.7. The fourth-order valence-electron chi connectivity index (χ4n) is 2.81. The van der Waals surface area contributed by atoms with Gasteiger partial charge in [-0.15, -0.1) is 0 Å². The Balaban J connectivity index is 1.87. The van der Waals surface area contributed by atoms with Crippen molar-refractivity contribution in [1.29, 1.82) is 0 Å². The second-order valence-electron chi connectivity index (χ2n) is 6.35. The van der Waals surface area contributed by atoms with Gasteiger partial charge in [0.1, 0.15) is 11.5 Å². The summed E-state index contributed by atoms with van der Waals surface area (Å²) in [6.45, 7) is 1.21. The van der Waals surface area contributed by atoms with Gasteiger partial charge in [0.15, 0.2) is 0 Å². The van der Waals surface area contributed by atoms with Gasteiger partial charge in [0.25, 0.3) is 5.91 Å². The van der Waals surface area contributed by atoms with Crippen LogP contribution in [-0.2, 0) is 11.0 Å². The first kappa shape index (κ1) is 20.9. The summed E-state index contributed by atoms with van der Waals surface area (Å²) in [6.07, 6.45) is -4.45. The van der Waals surface area contributed by atoms with Crippen molar-refractivity contribution in [3.05, 3.63) is 77.9 Å². The molecule has 1 amide bonds. The van der Waals surface area contributed by atoms with Crippen LogP contribution in [0.25, 0.3) is 11.1 Å². The lowest BCUT2D eigenvalue weighted by molar-refractivity contribution is -0.137. The van der Waals surface area contributed by atoms with Crippen molar-refractivity contribution in [2.45, 2.75) is 13.1 Å². The van der Waals surface area contributed by atoms with E-state index in [-0.39, 0.29) is 22.7 Å². The van der Waals surface area contributed by atoms with E-state index in [1.807, 2.05) is 0 Å². The number of rotatable bonds is 4. The Hall–Kier alpha value is -3.81. The average Bonchev–Trinajstić information content (AvgIpc) is 2.69. The Morgan fingerprint density at radius 1 is 0.967 bits per heavy atom. The van der Waals surface area contributed by atoms with E-state index in [0.717, 1.165) is 12.1 Å². The topological polar surface area (TPSA) is 75.6 Å². The molecule has 0 aromatic heterocycles. The van der Waals surface area contributed by atoms with Gasteiger partial charge in [0.2, 0.25) is 0 Å². The molecule has 0 bridgehead atoms. The minimum absolute atomic E-state index is 0.0816. The molecule has 30 heavy (non-hydrogen) atoms. The maximum Gasteiger partial charge on any atom is 0.416 e. The Morgan fingerprint density at radius 2 is 1.63 bits per heavy atom. The first-order valence-electron chi connectivity index (χ1n) is 8.74. The molecule has 0 spiro atoms. The number of phenolic OH excluding ortho intramolecular Hbond substituents is 1. The van der Waals surface area contributed by atoms with Crippen LogP contribution in [-0.4, -0.2) is 17.0 Å². The normalized spacial score (nSPS) is 11.1. The number of alkyl halides is 3. The third-order valence-electron chi connectivity index (χ3n) is 4.17. The average molecular weight is 415 g/mol. The number of amides is 1. The summed E-state index contributed by atoms with van der Waals surface area (Å²) in [7, 11) is 0. The molecule has 0 saturated carbocycles. The number of ether oxygens (including phenoxy) is 1. The molecule has 0 aliphatic rings. The molecule has 0 atom stereocenters. The molecule has 5 nitrogen and oxygen atoms in total. The fourth-order valence-corrected chi connectivity index (χ4v) is 2.81. The quantitative estimate of drug-likeness (QED) is 0.346. The zero-order valence-corrected chi connectivity index (χ0v) is 15.7. The van der Waals surface area contributed by atoms with E-state index in [1.165, 1.54) is 43.3 Å². The lowest BCUT2D eigenvalue weighted by Crippen LogP contribution is -2.13. The highest BCUT2D eigenvalue weighted by Crippen LogP contribution is 2.33. The van der Waals surface area contributed by atoms with Crippen LogP contribution in [0.2, 0.25) is 0 Å². The van der Waals surface area contributed by atoms with Crippen molar-refractivity contribution in [1.82, 2.24) is 0 Å². The SMILES string of the molecule is CC(=O)Oc1ccc(NC(=O)c2ccccc2-c2ccc(C(F)(F)F)cc2)c(O)c1. The van der Waals surface area contributed by atoms with Gasteiger partial charge in [-0.3, -0.25) is 9.59 Å². The molecule has 8 heteroatoms. The van der Waals surface area contributed by atoms with Crippen LogP contribution in [0.4, 0.5) is 18.9 Å². The van der Waals surface area contributed by atoms with Crippen LogP contribution in [0.3, 0.4) is 0 Å². The summed E-state index contributed by atoms with van der Waals surface area (Å²) >= 11 is 0. The van der Waals surface area contributed by atoms with Gasteiger partial charge in [0.05, 0.1) is 11.3 Å². The highest BCUT2D eigenvalue weighted by Gasteiger charge is 2.30. The molecule has 3 aromatic carbocycles. The Bertz CT molecular complexity index is 1090. The molecule has 2 N–H and O–H groups in total. The van der Waals surface area contributed by atoms with E-state index in [4.69, 9.17) is 4.74 Å². The molecule has 0 aliphatic carbocycles. The summed E-state index contributed by atoms with van der Waals surface area (Å²) in [5.74, 6) is -1.32. The van der Waals surface area contributed by atoms with Gasteiger partial charge in [-0.25, -0.2) is 0 Å². The number of carbonyl (C=O) groups excluding carboxylic acids is 2. The van der Waals surface area contributed by atoms with E-state index in [9.17, 15) is 27.9 Å². The maximum absolute atomic E-state index is 12.8. The van der Waals surface area contributed by atoms with Crippen LogP contribution in [0.15, 0.2) is 66.7 Å². The smallest absolute Gasteiger partial charge is 0.416 e. The van der Waals surface area contributed by atoms with Crippen molar-refractivity contribution in [3.63, 3.8) is 0 Å². The molecule has 154 valence electrons. The minimum atomic E-state index is -4.45. The number of benzene rings is 3. The first-order valence-corrected chi connectivity index (χ1v) is 8.74. The van der Waals surface area contributed by atoms with Gasteiger partial charge < -0.3 is 15.2 Å². The zero-order chi connectivity index (χ0) is 21.9. The van der Waals surface area contributed by atoms with Gasteiger partial charge in [-0.2, -0.15) is 13.2 Å². The molecular weight excluding hydrogens is 399 g/mol. The van der Waals surface area contributed by atoms with Gasteiger partial charge >= 0.3 is 12.1 Å². The highest BCUT2D eigenvalue weighted by atomic mass is 19.4. The monoisotopic (exact) mass is 415 g/mol. The molecule has 3 rings (SSSR count). The molecule has 0 heterocycles. The fraction of sp³-hybridized carbons (Fsp3) is 0.0909. The number of halogens is 3. The summed E-state index contributed by atoms with van der Waals surface area (Å²) in [5, 5.41) is 12.6. The maximum atomic E-state index is 12.8. The standard InChI is InChI=1S/C22H16F3NO4/c1-13(27)30-16-10-11-19(20(28)12-16)26-21(29)18-5-3-2-4-17(18)14-6-8-15(9-7-14)22(23,24)25/h2-12,28H,1H3,(H,26,29). The summed E-state index contributed by atoms with van der Waals surface area (Å²) in [6, 6.07) is 14.8. The number of hydrogen-bond donors (Lipinski definition) is 2. The number of carbonyl (C=O) groups is 2. The van der Waals surface area contributed by atoms with Gasteiger partial charge in [0, 0.05) is 18.6 Å². The first-order chi connectivity index (χ1) is 14.1. The summed E-state index contributed by atoms with van der Waals surface area (Å²) in [5.41, 5.74) is 0.368. The number of anilines is 1. The highest BCUT2D eigenvalue weighted by molar-refractivity contribution is 6.09. The second-order valence-corrected chi connectivity index (χ2v) is 6.35. The Morgan fingerprint density at radius 3 is 2.23 bits per heavy atom. The largest absolute Gasteiger partial charge is 0.506 e. The third-order valence-corrected chi connectivity index (χ3v) is 4.17. The van der Waals surface area contributed by atoms with Crippen LogP contribution >= 0.6 is 0 Å². The van der Waals surface area contributed by atoms with E-state index in [0.29, 0.717) is 11.1 Å². The molecule has 0 fully saturated rings. The predicted octanol–water partition coefficient (Wildman–Crippen LogP) is 5.26. The van der Waals surface area contributed by atoms with Crippen molar-refractivity contribution in [2.24, 2.45) is 0 Å². The van der Waals surface area contributed by atoms with Gasteiger partial charge in [-0.1, -0.05) is 30.3 Å². The molecule has 0 aliphatic heterocycles. The molecular formula is C22H16F3NO4. The van der Waals surface area contributed by atoms with Crippen LogP contribution in [0.5, 0.6) is 11.5 Å². The molecule has 0 unspecified atom stereocenters. The number of hydrogen-bond acceptors (Lipinski definition) is 4. The summed E-state index contributed by atoms with van der Waals surface area (Å²) < 4.78 is 43.2. The van der Waals surface area contributed by atoms with Crippen molar-refractivity contribution >= 4 is 17.6 Å². The number of aromatic hydroxyl groups is 1. The molecule has 3 aromatic rings. The lowest BCUT2D eigenvalue weighted by atomic mass is 9.98. The number of esters is 1. The van der Waals surface area contributed by atoms with Gasteiger partial charge in [-0.05, 0) is 41.5 Å². The predicted molar refractivity (Wildman–Crippen MR) is 104 cm³/mol. The van der Waals surface area contributed by atoms with E-state index < -0.39 is 23.6 Å². The van der Waals surface area contributed by atoms with Crippen molar-refractivity contribution in [3.8, 4) is 22.6 Å². The number of nitrogens with one attached hydrogen (secondary N) is 1. The summed E-state index contributed by atoms with van der Waals surface area (Å²) in [4.78, 5) is 23.7. The van der Waals surface area contributed by atoms with Crippen LogP contribution in [0, 0.1) is 0 Å². The van der Waals surface area contributed by atoms with E-state index in [1.54, 1.807) is 18.2 Å². The van der Waals surface area contributed by atoms with Crippen LogP contribution < -0.4 is 10.1 Å². The van der Waals surface area contributed by atoms with Crippen molar-refractivity contribution < 1.29 is 32.6 Å². The second kappa shape index (κ2) is 8.28. The third kappa shape index (κ3) is 4.78. The Labute approximate surface area is 169 Å². The number of phenols is 1. The minimum Gasteiger partial charge on any atom is -0.506 e. The van der Waals surface area contributed by atoms with Crippen LogP contribution in [0.1, 0.15) is 22.8 Å². The van der Waals surface area contributed by atoms with Crippen molar-refractivity contribution in [2.75, 3.05) is 5.32 Å². The molecule has 0 saturated heterocycles. The Kier molecular flexibility index (Phi) is 5.77. The lowest BCUT2D eigenvalue weighted by Gasteiger charge is -2.13. The molecule has 0 radical (unpaired) electrons.